The number of carbonyl (C=O) groups is 3. The number of hydrogen-bond acceptors (Lipinski definition) is 6. The molecule has 2 N–H and O–H groups in total. The summed E-state index contributed by atoms with van der Waals surface area (Å²) < 4.78 is 5.37. The van der Waals surface area contributed by atoms with Gasteiger partial charge in [-0.05, 0) is 17.7 Å². The number of aliphatic hydroxyl groups excluding tert-OH is 1. The quantitative estimate of drug-likeness (QED) is 0.569. The Hall–Kier alpha value is -2.32. The first-order chi connectivity index (χ1) is 11.5. The Balaban J connectivity index is 1.70. The van der Waals surface area contributed by atoms with E-state index < -0.39 is 29.8 Å². The molecule has 8 heteroatoms. The number of aliphatic carboxylic acids is 1. The molecule has 2 atom stereocenters. The number of benzene rings is 1. The smallest absolute Gasteiger partial charge is 0.352 e. The number of carboxylic acid groups (broad SMARTS) is 1. The van der Waals surface area contributed by atoms with Crippen LogP contribution in [0.5, 0.6) is 5.75 Å². The first-order valence-corrected chi connectivity index (χ1v) is 8.31. The van der Waals surface area contributed by atoms with Crippen LogP contribution in [0.4, 0.5) is 0 Å². The minimum absolute atomic E-state index is 0.209. The number of ether oxygens (including phenoxy) is 1. The summed E-state index contributed by atoms with van der Waals surface area (Å²) in [6, 6.07) is 8.77. The number of carboxylic acids is 1. The van der Waals surface area contributed by atoms with Crippen molar-refractivity contribution in [2.45, 2.75) is 5.37 Å². The third-order valence-electron chi connectivity index (χ3n) is 3.91. The zero-order valence-electron chi connectivity index (χ0n) is 12.5. The monoisotopic (exact) mass is 349 g/mol. The van der Waals surface area contributed by atoms with E-state index in [1.54, 1.807) is 24.3 Å². The molecule has 0 radical (unpaired) electrons. The lowest BCUT2D eigenvalue weighted by atomic mass is 9.91. The molecule has 3 rings (SSSR count). The molecule has 0 saturated carbocycles. The molecule has 0 aromatic heterocycles. The molecule has 1 aromatic carbocycles. The van der Waals surface area contributed by atoms with Gasteiger partial charge in [0.2, 0.25) is 5.91 Å². The predicted molar refractivity (Wildman–Crippen MR) is 85.3 cm³/mol. The fourth-order valence-corrected chi connectivity index (χ4v) is 4.15. The van der Waals surface area contributed by atoms with E-state index in [0.29, 0.717) is 5.75 Å². The maximum absolute atomic E-state index is 12.3. The number of hydrogen-bond donors (Lipinski definition) is 2. The lowest BCUT2D eigenvalue weighted by Gasteiger charge is -2.48. The minimum atomic E-state index is -1.27. The van der Waals surface area contributed by atoms with E-state index >= 15 is 0 Å². The maximum Gasteiger partial charge on any atom is 0.352 e. The van der Waals surface area contributed by atoms with E-state index in [0.717, 1.165) is 4.90 Å². The van der Waals surface area contributed by atoms with E-state index in [1.165, 1.54) is 11.8 Å². The van der Waals surface area contributed by atoms with Gasteiger partial charge < -0.3 is 14.9 Å². The summed E-state index contributed by atoms with van der Waals surface area (Å²) in [6.45, 7) is -0.675. The number of carbonyl (C=O) groups excluding carboxylic acids is 2. The predicted octanol–water partition coefficient (Wildman–Crippen LogP) is 0.497. The van der Waals surface area contributed by atoms with Gasteiger partial charge in [0.15, 0.2) is 5.78 Å². The topological polar surface area (TPSA) is 104 Å². The average molecular weight is 349 g/mol. The zero-order chi connectivity index (χ0) is 17.3. The molecule has 24 heavy (non-hydrogen) atoms. The van der Waals surface area contributed by atoms with Gasteiger partial charge in [0.1, 0.15) is 29.3 Å². The van der Waals surface area contributed by atoms with E-state index in [1.807, 2.05) is 6.07 Å². The molecule has 1 saturated heterocycles. The van der Waals surface area contributed by atoms with Gasteiger partial charge in [0.25, 0.3) is 0 Å². The third kappa shape index (κ3) is 2.78. The lowest BCUT2D eigenvalue weighted by Crippen LogP contribution is -2.64. The second kappa shape index (κ2) is 6.66. The van der Waals surface area contributed by atoms with Crippen molar-refractivity contribution in [2.75, 3.05) is 19.0 Å². The molecule has 2 heterocycles. The zero-order valence-corrected chi connectivity index (χ0v) is 13.4. The number of rotatable bonds is 6. The fraction of sp³-hybridized carbons (Fsp3) is 0.312. The van der Waals surface area contributed by atoms with Gasteiger partial charge in [0.05, 0.1) is 6.61 Å². The van der Waals surface area contributed by atoms with Crippen LogP contribution >= 0.6 is 11.8 Å². The number of Topliss-reactive ketones (excluding diaryl/α,β-unsaturated/α-hetero) is 1. The molecular weight excluding hydrogens is 334 g/mol. The van der Waals surface area contributed by atoms with Crippen LogP contribution in [0, 0.1) is 5.92 Å². The summed E-state index contributed by atoms with van der Waals surface area (Å²) in [7, 11) is 0. The highest BCUT2D eigenvalue weighted by Gasteiger charge is 2.56. The van der Waals surface area contributed by atoms with E-state index in [4.69, 9.17) is 4.74 Å². The van der Waals surface area contributed by atoms with Crippen LogP contribution < -0.4 is 4.74 Å². The molecule has 1 fully saturated rings. The summed E-state index contributed by atoms with van der Waals surface area (Å²) in [4.78, 5) is 37.0. The summed E-state index contributed by atoms with van der Waals surface area (Å²) in [5.41, 5.74) is 0.0720. The van der Waals surface area contributed by atoms with Gasteiger partial charge in [-0.25, -0.2) is 4.79 Å². The first kappa shape index (κ1) is 16.5. The third-order valence-corrected chi connectivity index (χ3v) is 5.25. The molecular formula is C16H15NO6S. The number of thioether (sulfide) groups is 1. The minimum Gasteiger partial charge on any atom is -0.486 e. The van der Waals surface area contributed by atoms with Crippen LogP contribution in [0.1, 0.15) is 0 Å². The average Bonchev–Trinajstić information content (AvgIpc) is 2.59. The van der Waals surface area contributed by atoms with E-state index in [9.17, 15) is 24.6 Å². The Morgan fingerprint density at radius 2 is 2.00 bits per heavy atom. The van der Waals surface area contributed by atoms with Crippen molar-refractivity contribution in [1.82, 2.24) is 4.90 Å². The van der Waals surface area contributed by atoms with Crippen LogP contribution in [0.2, 0.25) is 0 Å². The Morgan fingerprint density at radius 1 is 1.29 bits per heavy atom. The van der Waals surface area contributed by atoms with Crippen LogP contribution in [0.25, 0.3) is 0 Å². The molecule has 126 valence electrons. The number of para-hydroxylation sites is 1. The number of fused-ring (bicyclic) bond motifs is 1. The SMILES string of the molecule is O=C(O)C1=C(CO)CS[C@H]2C(C(=O)COc3ccccc3)C(=O)N12. The molecule has 0 aliphatic carbocycles. The lowest BCUT2D eigenvalue weighted by molar-refractivity contribution is -0.157. The van der Waals surface area contributed by atoms with Crippen LogP contribution in [0.3, 0.4) is 0 Å². The van der Waals surface area contributed by atoms with Crippen molar-refractivity contribution in [3.63, 3.8) is 0 Å². The van der Waals surface area contributed by atoms with Gasteiger partial charge >= 0.3 is 5.97 Å². The van der Waals surface area contributed by atoms with Crippen LogP contribution in [-0.2, 0) is 14.4 Å². The molecule has 0 spiro atoms. The van der Waals surface area contributed by atoms with Gasteiger partial charge in [-0.3, -0.25) is 14.5 Å². The summed E-state index contributed by atoms with van der Waals surface area (Å²) >= 11 is 1.28. The van der Waals surface area contributed by atoms with Crippen molar-refractivity contribution < 1.29 is 29.3 Å². The van der Waals surface area contributed by atoms with Gasteiger partial charge in [-0.2, -0.15) is 0 Å². The van der Waals surface area contributed by atoms with Gasteiger partial charge in [-0.1, -0.05) is 18.2 Å². The molecule has 0 bridgehead atoms. The molecule has 2 aliphatic rings. The standard InChI is InChI=1S/C16H15NO6S/c18-6-9-8-24-15-12(14(20)17(15)13(9)16(21)22)11(19)7-23-10-4-2-1-3-5-10/h1-5,12,15,18H,6-8H2,(H,21,22)/t12?,15-/m0/s1. The second-order valence-electron chi connectivity index (χ2n) is 5.37. The van der Waals surface area contributed by atoms with E-state index in [2.05, 4.69) is 0 Å². The Morgan fingerprint density at radius 3 is 2.62 bits per heavy atom. The number of aliphatic hydroxyl groups is 1. The number of amides is 1. The first-order valence-electron chi connectivity index (χ1n) is 7.26. The number of β-lactam (4-membered cyclic amide) rings is 1. The number of nitrogens with zero attached hydrogens (tertiary/aromatic N) is 1. The van der Waals surface area contributed by atoms with Crippen molar-refractivity contribution in [3.05, 3.63) is 41.6 Å². The van der Waals surface area contributed by atoms with Crippen molar-refractivity contribution in [2.24, 2.45) is 5.92 Å². The molecule has 1 amide bonds. The van der Waals surface area contributed by atoms with Gasteiger partial charge in [-0.15, -0.1) is 11.8 Å². The molecule has 7 nitrogen and oxygen atoms in total. The molecule has 2 aliphatic heterocycles. The Kier molecular flexibility index (Phi) is 4.59. The molecule has 1 aromatic rings. The largest absolute Gasteiger partial charge is 0.486 e. The fourth-order valence-electron chi connectivity index (χ4n) is 2.73. The van der Waals surface area contributed by atoms with E-state index in [-0.39, 0.29) is 29.4 Å². The highest BCUT2D eigenvalue weighted by atomic mass is 32.2. The van der Waals surface area contributed by atoms with Crippen molar-refractivity contribution >= 4 is 29.4 Å². The van der Waals surface area contributed by atoms with Gasteiger partial charge in [0, 0.05) is 5.75 Å². The normalized spacial score (nSPS) is 22.7. The summed E-state index contributed by atoms with van der Waals surface area (Å²) in [5.74, 6) is -2.32. The van der Waals surface area contributed by atoms with Crippen LogP contribution in [-0.4, -0.2) is 57.1 Å². The number of ketones is 1. The van der Waals surface area contributed by atoms with Crippen molar-refractivity contribution in [1.29, 1.82) is 0 Å². The Bertz CT molecular complexity index is 717. The Labute approximate surface area is 141 Å². The highest BCUT2D eigenvalue weighted by molar-refractivity contribution is 8.00. The van der Waals surface area contributed by atoms with Crippen molar-refractivity contribution in [3.8, 4) is 5.75 Å². The molecule has 1 unspecified atom stereocenters. The maximum atomic E-state index is 12.3. The second-order valence-corrected chi connectivity index (χ2v) is 6.48. The summed E-state index contributed by atoms with van der Waals surface area (Å²) in [5, 5.41) is 18.0. The summed E-state index contributed by atoms with van der Waals surface area (Å²) in [6.07, 6.45) is 0. The highest BCUT2D eigenvalue weighted by Crippen LogP contribution is 2.44. The van der Waals surface area contributed by atoms with Crippen LogP contribution in [0.15, 0.2) is 41.6 Å².